The van der Waals surface area contributed by atoms with E-state index in [1.165, 1.54) is 0 Å². The maximum atomic E-state index is 12.0. The minimum absolute atomic E-state index is 0.0175. The molecule has 0 aromatic rings. The number of carbonyl (C=O) groups is 4. The predicted octanol–water partition coefficient (Wildman–Crippen LogP) is 1.85. The molecular weight excluding hydrogens is 400 g/mol. The van der Waals surface area contributed by atoms with Crippen LogP contribution in [0, 0.1) is 17.8 Å². The number of imide groups is 1. The Morgan fingerprint density at radius 1 is 1.19 bits per heavy atom. The first-order valence-corrected chi connectivity index (χ1v) is 10.8. The molecule has 3 amide bonds. The Balaban J connectivity index is 2.20. The normalized spacial score (nSPS) is 15.3. The van der Waals surface area contributed by atoms with E-state index in [0.717, 1.165) is 24.0 Å². The zero-order valence-corrected chi connectivity index (χ0v) is 19.4. The summed E-state index contributed by atoms with van der Waals surface area (Å²) in [6.07, 6.45) is 3.17. The maximum absolute atomic E-state index is 12.0. The monoisotopic (exact) mass is 436 g/mol. The molecule has 1 atom stereocenters. The van der Waals surface area contributed by atoms with Crippen molar-refractivity contribution in [2.75, 3.05) is 26.3 Å². The number of rotatable bonds is 15. The van der Waals surface area contributed by atoms with Crippen molar-refractivity contribution in [2.45, 2.75) is 77.9 Å². The van der Waals surface area contributed by atoms with Gasteiger partial charge >= 0.3 is 5.91 Å². The summed E-state index contributed by atoms with van der Waals surface area (Å²) >= 11 is 0. The molecule has 0 radical (unpaired) electrons. The van der Waals surface area contributed by atoms with Gasteiger partial charge in [0.1, 0.15) is 6.29 Å². The number of hydrogen-bond donors (Lipinski definition) is 1. The van der Waals surface area contributed by atoms with E-state index in [4.69, 9.17) is 9.47 Å². The molecule has 1 N–H and O–H groups in total. The van der Waals surface area contributed by atoms with E-state index in [0.29, 0.717) is 26.2 Å². The van der Waals surface area contributed by atoms with Gasteiger partial charge in [0, 0.05) is 25.4 Å². The third-order valence-corrected chi connectivity index (χ3v) is 4.99. The van der Waals surface area contributed by atoms with Crippen molar-refractivity contribution in [2.24, 2.45) is 5.92 Å². The van der Waals surface area contributed by atoms with Crippen molar-refractivity contribution in [3.05, 3.63) is 0 Å². The summed E-state index contributed by atoms with van der Waals surface area (Å²) in [5.74, 6) is 3.58. The van der Waals surface area contributed by atoms with Gasteiger partial charge in [0.25, 0.3) is 0 Å². The van der Waals surface area contributed by atoms with Crippen molar-refractivity contribution >= 4 is 24.0 Å². The summed E-state index contributed by atoms with van der Waals surface area (Å²) in [6, 6.07) is 0. The second-order valence-electron chi connectivity index (χ2n) is 9.07. The molecule has 1 rings (SSSR count). The van der Waals surface area contributed by atoms with Crippen molar-refractivity contribution in [3.8, 4) is 11.8 Å². The summed E-state index contributed by atoms with van der Waals surface area (Å²) in [4.78, 5) is 46.9. The Morgan fingerprint density at radius 2 is 1.87 bits per heavy atom. The Labute approximate surface area is 185 Å². The van der Waals surface area contributed by atoms with E-state index >= 15 is 0 Å². The highest BCUT2D eigenvalue weighted by atomic mass is 16.5. The number of hydrogen-bond acceptors (Lipinski definition) is 6. The largest absolute Gasteiger partial charge is 0.375 e. The molecule has 31 heavy (non-hydrogen) atoms. The average Bonchev–Trinajstić information content (AvgIpc) is 2.68. The Morgan fingerprint density at radius 3 is 2.52 bits per heavy atom. The summed E-state index contributed by atoms with van der Waals surface area (Å²) in [5, 5.41) is 2.81. The molecule has 0 spiro atoms. The van der Waals surface area contributed by atoms with Crippen LogP contribution in [0.15, 0.2) is 0 Å². The van der Waals surface area contributed by atoms with E-state index in [1.807, 2.05) is 34.6 Å². The molecule has 1 aliphatic heterocycles. The minimum atomic E-state index is -0.547. The lowest BCUT2D eigenvalue weighted by Crippen LogP contribution is -2.40. The number of ether oxygens (including phenoxy) is 2. The van der Waals surface area contributed by atoms with E-state index < -0.39 is 5.91 Å². The van der Waals surface area contributed by atoms with Crippen LogP contribution in [0.1, 0.15) is 66.7 Å². The fourth-order valence-corrected chi connectivity index (χ4v) is 2.86. The zero-order chi connectivity index (χ0) is 23.5. The quantitative estimate of drug-likeness (QED) is 0.182. The minimum Gasteiger partial charge on any atom is -0.375 e. The molecule has 8 heteroatoms. The third kappa shape index (κ3) is 11.1. The summed E-state index contributed by atoms with van der Waals surface area (Å²) in [7, 11) is 0. The topological polar surface area (TPSA) is 102 Å². The van der Waals surface area contributed by atoms with Crippen molar-refractivity contribution in [1.29, 1.82) is 0 Å². The summed E-state index contributed by atoms with van der Waals surface area (Å²) < 4.78 is 11.8. The highest BCUT2D eigenvalue weighted by Crippen LogP contribution is 2.21. The molecule has 1 heterocycles. The first-order chi connectivity index (χ1) is 14.5. The Kier molecular flexibility index (Phi) is 10.9. The van der Waals surface area contributed by atoms with Crippen molar-refractivity contribution in [1.82, 2.24) is 10.2 Å². The molecule has 1 aliphatic rings. The molecular formula is C23H36N2O6. The smallest absolute Gasteiger partial charge is 0.305 e. The van der Waals surface area contributed by atoms with Gasteiger partial charge in [0.2, 0.25) is 11.8 Å². The lowest BCUT2D eigenvalue weighted by Gasteiger charge is -2.30. The maximum Gasteiger partial charge on any atom is 0.305 e. The molecule has 0 saturated carbocycles. The average molecular weight is 437 g/mol. The van der Waals surface area contributed by atoms with Crippen LogP contribution in [-0.2, 0) is 28.7 Å². The van der Waals surface area contributed by atoms with Gasteiger partial charge in [-0.3, -0.25) is 19.3 Å². The second kappa shape index (κ2) is 12.6. The van der Waals surface area contributed by atoms with Crippen LogP contribution in [0.4, 0.5) is 0 Å². The first kappa shape index (κ1) is 26.8. The number of aldehydes is 1. The van der Waals surface area contributed by atoms with Crippen molar-refractivity contribution in [3.63, 3.8) is 0 Å². The number of carbonyl (C=O) groups excluding carboxylic acids is 4. The molecule has 0 aliphatic carbocycles. The van der Waals surface area contributed by atoms with Crippen LogP contribution in [-0.4, -0.2) is 66.4 Å². The van der Waals surface area contributed by atoms with Gasteiger partial charge in [-0.25, -0.2) is 0 Å². The molecule has 174 valence electrons. The SMILES string of the molecule is CC(C=O)COC(C)(C)CCOC(C)(C)CCCNC(=O)CCN1C(=O)C#CCC1=O. The van der Waals surface area contributed by atoms with Gasteiger partial charge in [-0.1, -0.05) is 12.8 Å². The van der Waals surface area contributed by atoms with Crippen LogP contribution < -0.4 is 5.32 Å². The van der Waals surface area contributed by atoms with E-state index in [-0.39, 0.29) is 48.3 Å². The Hall–Kier alpha value is -2.24. The van der Waals surface area contributed by atoms with Gasteiger partial charge in [0.05, 0.1) is 30.8 Å². The molecule has 0 bridgehead atoms. The van der Waals surface area contributed by atoms with Gasteiger partial charge in [-0.05, 0) is 52.9 Å². The lowest BCUT2D eigenvalue weighted by atomic mass is 10.0. The van der Waals surface area contributed by atoms with Gasteiger partial charge in [0.15, 0.2) is 0 Å². The van der Waals surface area contributed by atoms with Gasteiger partial charge in [-0.15, -0.1) is 0 Å². The number of nitrogens with zero attached hydrogens (tertiary/aromatic N) is 1. The summed E-state index contributed by atoms with van der Waals surface area (Å²) in [5.41, 5.74) is -0.716. The van der Waals surface area contributed by atoms with E-state index in [1.54, 1.807) is 0 Å². The number of nitrogens with one attached hydrogen (secondary N) is 1. The summed E-state index contributed by atoms with van der Waals surface area (Å²) in [6.45, 7) is 11.3. The molecule has 8 nitrogen and oxygen atoms in total. The fourth-order valence-electron chi connectivity index (χ4n) is 2.86. The molecule has 0 saturated heterocycles. The highest BCUT2D eigenvalue weighted by Gasteiger charge is 2.24. The number of amides is 3. The highest BCUT2D eigenvalue weighted by molar-refractivity contribution is 6.07. The van der Waals surface area contributed by atoms with Crippen LogP contribution in [0.2, 0.25) is 0 Å². The first-order valence-electron chi connectivity index (χ1n) is 10.8. The van der Waals surface area contributed by atoms with Crippen molar-refractivity contribution < 1.29 is 28.7 Å². The Bertz CT molecular complexity index is 705. The standard InChI is InChI=1S/C23H36N2O6/c1-18(16-26)17-31-23(4,5)12-15-30-22(2,3)11-7-13-24-19(27)10-14-25-20(28)8-6-9-21(25)29/h16,18H,7-8,10-15,17H2,1-5H3,(H,24,27). The van der Waals surface area contributed by atoms with Crippen LogP contribution in [0.3, 0.4) is 0 Å². The molecule has 0 aromatic carbocycles. The van der Waals surface area contributed by atoms with Crippen LogP contribution in [0.5, 0.6) is 0 Å². The lowest BCUT2D eigenvalue weighted by molar-refractivity contribution is -0.141. The third-order valence-electron chi connectivity index (χ3n) is 4.99. The molecule has 1 unspecified atom stereocenters. The van der Waals surface area contributed by atoms with E-state index in [9.17, 15) is 19.2 Å². The molecule has 0 aromatic heterocycles. The predicted molar refractivity (Wildman–Crippen MR) is 116 cm³/mol. The van der Waals surface area contributed by atoms with E-state index in [2.05, 4.69) is 17.2 Å². The molecule has 0 fully saturated rings. The van der Waals surface area contributed by atoms with Gasteiger partial charge in [-0.2, -0.15) is 0 Å². The zero-order valence-electron chi connectivity index (χ0n) is 19.4. The second-order valence-corrected chi connectivity index (χ2v) is 9.07. The van der Waals surface area contributed by atoms with Crippen LogP contribution in [0.25, 0.3) is 0 Å². The van der Waals surface area contributed by atoms with Gasteiger partial charge < -0.3 is 19.6 Å². The fraction of sp³-hybridized carbons (Fsp3) is 0.739. The van der Waals surface area contributed by atoms with Crippen LogP contribution >= 0.6 is 0 Å².